The fraction of sp³-hybridized carbons (Fsp3) is 0.250. The Labute approximate surface area is 169 Å². The van der Waals surface area contributed by atoms with Crippen LogP contribution >= 0.6 is 0 Å². The molecule has 8 nitrogen and oxygen atoms in total. The molecule has 0 saturated carbocycles. The molecule has 0 radical (unpaired) electrons. The molecule has 0 saturated heterocycles. The Bertz CT molecular complexity index is 1200. The molecule has 1 aliphatic rings. The Balaban J connectivity index is 1.51. The number of aromatic nitrogens is 3. The Morgan fingerprint density at radius 1 is 1.14 bits per heavy atom. The number of nitrogens with one attached hydrogen (secondary N) is 1. The molecule has 1 aromatic carbocycles. The molecule has 2 aromatic heterocycles. The maximum absolute atomic E-state index is 12.6. The lowest BCUT2D eigenvalue weighted by Crippen LogP contribution is -2.27. The van der Waals surface area contributed by atoms with Crippen LogP contribution in [0.2, 0.25) is 0 Å². The van der Waals surface area contributed by atoms with Crippen LogP contribution in [0, 0.1) is 13.8 Å². The summed E-state index contributed by atoms with van der Waals surface area (Å²) in [6.07, 6.45) is 3.36. The summed E-state index contributed by atoms with van der Waals surface area (Å²) in [7, 11) is -3.31. The molecular weight excluding hydrogens is 390 g/mol. The van der Waals surface area contributed by atoms with Crippen LogP contribution in [0.15, 0.2) is 42.6 Å². The number of aryl methyl sites for hydroxylation is 2. The Morgan fingerprint density at radius 3 is 2.55 bits per heavy atom. The minimum Gasteiger partial charge on any atom is -0.321 e. The third kappa shape index (κ3) is 3.73. The minimum absolute atomic E-state index is 0.272. The Kier molecular flexibility index (Phi) is 4.62. The van der Waals surface area contributed by atoms with Crippen molar-refractivity contribution in [2.24, 2.45) is 0 Å². The van der Waals surface area contributed by atoms with Gasteiger partial charge in [0.25, 0.3) is 5.91 Å². The first-order valence-electron chi connectivity index (χ1n) is 9.14. The van der Waals surface area contributed by atoms with Gasteiger partial charge in [-0.2, -0.15) is 5.10 Å². The number of pyridine rings is 1. The predicted molar refractivity (Wildman–Crippen MR) is 111 cm³/mol. The number of carbonyl (C=O) groups is 1. The van der Waals surface area contributed by atoms with Gasteiger partial charge in [-0.25, -0.2) is 18.1 Å². The predicted octanol–water partition coefficient (Wildman–Crippen LogP) is 2.46. The standard InChI is InChI=1S/C20H21N5O3S/c1-13-10-14(2)25(23-13)19-7-5-17(12-21-19)22-20(26)16-4-6-18-15(11-16)8-9-24(18)29(3,27)28/h4-7,10-12H,8-9H2,1-3H3,(H,22,26). The molecule has 1 aliphatic heterocycles. The third-order valence-corrected chi connectivity index (χ3v) is 6.01. The summed E-state index contributed by atoms with van der Waals surface area (Å²) in [6, 6.07) is 10.6. The first-order valence-corrected chi connectivity index (χ1v) is 11.0. The Hall–Kier alpha value is -3.20. The highest BCUT2D eigenvalue weighted by atomic mass is 32.2. The number of rotatable bonds is 4. The number of hydrogen-bond donors (Lipinski definition) is 1. The lowest BCUT2D eigenvalue weighted by Gasteiger charge is -2.16. The maximum Gasteiger partial charge on any atom is 0.255 e. The molecule has 0 bridgehead atoms. The summed E-state index contributed by atoms with van der Waals surface area (Å²) in [5.74, 6) is 0.401. The number of fused-ring (bicyclic) bond motifs is 1. The van der Waals surface area contributed by atoms with E-state index in [4.69, 9.17) is 0 Å². The monoisotopic (exact) mass is 411 g/mol. The molecule has 9 heteroatoms. The zero-order valence-corrected chi connectivity index (χ0v) is 17.2. The molecule has 0 aliphatic carbocycles. The molecule has 150 valence electrons. The molecule has 3 heterocycles. The summed E-state index contributed by atoms with van der Waals surface area (Å²) >= 11 is 0. The van der Waals surface area contributed by atoms with Crippen LogP contribution in [-0.2, 0) is 16.4 Å². The summed E-state index contributed by atoms with van der Waals surface area (Å²) < 4.78 is 26.8. The zero-order chi connectivity index (χ0) is 20.8. The van der Waals surface area contributed by atoms with E-state index in [9.17, 15) is 13.2 Å². The minimum atomic E-state index is -3.31. The van der Waals surface area contributed by atoms with Gasteiger partial charge >= 0.3 is 0 Å². The number of sulfonamides is 1. The fourth-order valence-electron chi connectivity index (χ4n) is 3.51. The van der Waals surface area contributed by atoms with E-state index in [0.717, 1.165) is 17.0 Å². The lowest BCUT2D eigenvalue weighted by molar-refractivity contribution is 0.102. The van der Waals surface area contributed by atoms with E-state index in [0.29, 0.717) is 35.7 Å². The van der Waals surface area contributed by atoms with Gasteiger partial charge in [-0.05, 0) is 62.2 Å². The van der Waals surface area contributed by atoms with Crippen molar-refractivity contribution in [3.63, 3.8) is 0 Å². The van der Waals surface area contributed by atoms with Crippen molar-refractivity contribution in [1.82, 2.24) is 14.8 Å². The third-order valence-electron chi connectivity index (χ3n) is 4.83. The van der Waals surface area contributed by atoms with Crippen LogP contribution < -0.4 is 9.62 Å². The maximum atomic E-state index is 12.6. The second-order valence-corrected chi connectivity index (χ2v) is 9.03. The summed E-state index contributed by atoms with van der Waals surface area (Å²) in [4.78, 5) is 17.0. The first kappa shape index (κ1) is 19.1. The quantitative estimate of drug-likeness (QED) is 0.711. The van der Waals surface area contributed by atoms with Gasteiger partial charge in [0, 0.05) is 17.8 Å². The van der Waals surface area contributed by atoms with E-state index in [1.807, 2.05) is 19.9 Å². The van der Waals surface area contributed by atoms with E-state index in [1.54, 1.807) is 41.2 Å². The molecule has 3 aromatic rings. The summed E-state index contributed by atoms with van der Waals surface area (Å²) in [6.45, 7) is 4.27. The van der Waals surface area contributed by atoms with Gasteiger partial charge in [0.1, 0.15) is 0 Å². The van der Waals surface area contributed by atoms with Crippen LogP contribution in [0.5, 0.6) is 0 Å². The molecular formula is C20H21N5O3S. The topological polar surface area (TPSA) is 97.2 Å². The second kappa shape index (κ2) is 7.00. The molecule has 4 rings (SSSR count). The number of amides is 1. The van der Waals surface area contributed by atoms with Crippen LogP contribution in [0.1, 0.15) is 27.3 Å². The molecule has 0 fully saturated rings. The molecule has 0 spiro atoms. The molecule has 0 atom stereocenters. The highest BCUT2D eigenvalue weighted by Crippen LogP contribution is 2.30. The average molecular weight is 411 g/mol. The zero-order valence-electron chi connectivity index (χ0n) is 16.4. The van der Waals surface area contributed by atoms with Gasteiger partial charge in [-0.15, -0.1) is 0 Å². The van der Waals surface area contributed by atoms with E-state index >= 15 is 0 Å². The van der Waals surface area contributed by atoms with Crippen molar-refractivity contribution in [3.8, 4) is 5.82 Å². The van der Waals surface area contributed by atoms with E-state index in [-0.39, 0.29) is 5.91 Å². The van der Waals surface area contributed by atoms with Crippen molar-refractivity contribution < 1.29 is 13.2 Å². The average Bonchev–Trinajstić information content (AvgIpc) is 3.24. The fourth-order valence-corrected chi connectivity index (χ4v) is 4.46. The highest BCUT2D eigenvalue weighted by molar-refractivity contribution is 7.92. The van der Waals surface area contributed by atoms with Crippen molar-refractivity contribution >= 4 is 27.3 Å². The number of hydrogen-bond acceptors (Lipinski definition) is 5. The van der Waals surface area contributed by atoms with Gasteiger partial charge < -0.3 is 5.32 Å². The Morgan fingerprint density at radius 2 is 1.93 bits per heavy atom. The van der Waals surface area contributed by atoms with Gasteiger partial charge in [0.15, 0.2) is 5.82 Å². The van der Waals surface area contributed by atoms with Crippen LogP contribution in [0.4, 0.5) is 11.4 Å². The van der Waals surface area contributed by atoms with E-state index in [1.165, 1.54) is 10.6 Å². The van der Waals surface area contributed by atoms with Crippen molar-refractivity contribution in [2.45, 2.75) is 20.3 Å². The van der Waals surface area contributed by atoms with Gasteiger partial charge in [0.2, 0.25) is 10.0 Å². The number of benzene rings is 1. The first-order chi connectivity index (χ1) is 13.7. The van der Waals surface area contributed by atoms with Crippen molar-refractivity contribution in [3.05, 3.63) is 65.1 Å². The normalized spacial score (nSPS) is 13.4. The van der Waals surface area contributed by atoms with Crippen LogP contribution in [0.25, 0.3) is 5.82 Å². The van der Waals surface area contributed by atoms with Gasteiger partial charge in [-0.3, -0.25) is 9.10 Å². The lowest BCUT2D eigenvalue weighted by atomic mass is 10.1. The molecule has 29 heavy (non-hydrogen) atoms. The molecule has 0 unspecified atom stereocenters. The smallest absolute Gasteiger partial charge is 0.255 e. The van der Waals surface area contributed by atoms with Gasteiger partial charge in [0.05, 0.1) is 29.5 Å². The molecule has 1 amide bonds. The SMILES string of the molecule is Cc1cc(C)n(-c2ccc(NC(=O)c3ccc4c(c3)CCN4S(C)(=O)=O)cn2)n1. The van der Waals surface area contributed by atoms with Crippen molar-refractivity contribution in [1.29, 1.82) is 0 Å². The summed E-state index contributed by atoms with van der Waals surface area (Å²) in [5.41, 5.74) is 4.42. The summed E-state index contributed by atoms with van der Waals surface area (Å²) in [5, 5.41) is 7.22. The number of nitrogens with zero attached hydrogens (tertiary/aromatic N) is 4. The number of anilines is 2. The van der Waals surface area contributed by atoms with E-state index < -0.39 is 10.0 Å². The second-order valence-electron chi connectivity index (χ2n) is 7.13. The van der Waals surface area contributed by atoms with Crippen molar-refractivity contribution in [2.75, 3.05) is 22.4 Å². The highest BCUT2D eigenvalue weighted by Gasteiger charge is 2.26. The van der Waals surface area contributed by atoms with Crippen LogP contribution in [0.3, 0.4) is 0 Å². The number of carbonyl (C=O) groups excluding carboxylic acids is 1. The molecule has 1 N–H and O–H groups in total. The van der Waals surface area contributed by atoms with Gasteiger partial charge in [-0.1, -0.05) is 0 Å². The van der Waals surface area contributed by atoms with E-state index in [2.05, 4.69) is 15.4 Å². The largest absolute Gasteiger partial charge is 0.321 e. The van der Waals surface area contributed by atoms with Crippen LogP contribution in [-0.4, -0.2) is 41.9 Å².